The van der Waals surface area contributed by atoms with Crippen molar-refractivity contribution < 1.29 is 17.9 Å². The summed E-state index contributed by atoms with van der Waals surface area (Å²) < 4.78 is 45.4. The first-order chi connectivity index (χ1) is 18.9. The van der Waals surface area contributed by atoms with Gasteiger partial charge in [-0.2, -0.15) is 0 Å². The van der Waals surface area contributed by atoms with Gasteiger partial charge in [-0.25, -0.2) is 13.2 Å². The number of aryl methyl sites for hydroxylation is 1. The zero-order valence-corrected chi connectivity index (χ0v) is 23.8. The van der Waals surface area contributed by atoms with E-state index in [0.29, 0.717) is 5.57 Å². The molecule has 3 aliphatic rings. The van der Waals surface area contributed by atoms with E-state index in [1.54, 1.807) is 6.08 Å². The van der Waals surface area contributed by atoms with Gasteiger partial charge in [0.2, 0.25) is 0 Å². The van der Waals surface area contributed by atoms with Gasteiger partial charge in [-0.1, -0.05) is 93.8 Å². The maximum atomic E-state index is 14.5. The molecular formula is C35H45F3O. The minimum atomic E-state index is -1.28. The number of rotatable bonds is 10. The summed E-state index contributed by atoms with van der Waals surface area (Å²) in [6.45, 7) is 8.63. The summed E-state index contributed by atoms with van der Waals surface area (Å²) in [7, 11) is 0. The Bertz CT molecular complexity index is 1080. The smallest absolute Gasteiger partial charge is 0.154 e. The summed E-state index contributed by atoms with van der Waals surface area (Å²) in [6, 6.07) is 9.20. The number of alkyl halides is 1. The fourth-order valence-corrected chi connectivity index (χ4v) is 5.40. The Morgan fingerprint density at radius 3 is 2.31 bits per heavy atom. The predicted molar refractivity (Wildman–Crippen MR) is 158 cm³/mol. The Kier molecular flexibility index (Phi) is 12.9. The van der Waals surface area contributed by atoms with Crippen molar-refractivity contribution in [2.75, 3.05) is 6.61 Å². The molecule has 0 bridgehead atoms. The standard InChI is InChI=1S/C28H31F3.C7H14O/c29-19-28(31)25-16-17-26(27(30)18-25)24-14-10-21(11-15-24)7-6-20-8-12-23(13-9-20)22-4-2-1-3-5-22;1-4-6-8-7(3)5-2/h8-10,12-14,16-17,19,22,27H,1-7,11,15,18H2;3-6H2,1-2H3/b28-19-;. The van der Waals surface area contributed by atoms with E-state index in [2.05, 4.69) is 43.8 Å². The van der Waals surface area contributed by atoms with Gasteiger partial charge in [0, 0.05) is 12.8 Å². The minimum absolute atomic E-state index is 0.0842. The van der Waals surface area contributed by atoms with Crippen molar-refractivity contribution in [1.82, 2.24) is 0 Å². The van der Waals surface area contributed by atoms with E-state index in [0.717, 1.165) is 62.4 Å². The average molecular weight is 539 g/mol. The summed E-state index contributed by atoms with van der Waals surface area (Å²) in [6.07, 6.45) is 18.2. The third-order valence-corrected chi connectivity index (χ3v) is 7.91. The fourth-order valence-electron chi connectivity index (χ4n) is 5.40. The van der Waals surface area contributed by atoms with E-state index in [1.807, 2.05) is 13.0 Å². The maximum Gasteiger partial charge on any atom is 0.154 e. The first-order valence-corrected chi connectivity index (χ1v) is 14.7. The number of benzene rings is 1. The van der Waals surface area contributed by atoms with Crippen LogP contribution in [0, 0.1) is 0 Å². The molecule has 0 spiro atoms. The number of hydrogen-bond acceptors (Lipinski definition) is 1. The molecule has 1 nitrogen and oxygen atoms in total. The average Bonchev–Trinajstić information content (AvgIpc) is 2.99. The topological polar surface area (TPSA) is 9.23 Å². The molecule has 0 aliphatic heterocycles. The zero-order chi connectivity index (χ0) is 28.0. The molecule has 3 aliphatic carbocycles. The van der Waals surface area contributed by atoms with Gasteiger partial charge >= 0.3 is 0 Å². The highest BCUT2D eigenvalue weighted by Crippen LogP contribution is 2.36. The van der Waals surface area contributed by atoms with Crippen molar-refractivity contribution in [3.8, 4) is 0 Å². The molecule has 1 aromatic carbocycles. The lowest BCUT2D eigenvalue weighted by molar-refractivity contribution is 0.206. The Hall–Kier alpha value is -2.75. The second-order valence-corrected chi connectivity index (χ2v) is 10.8. The van der Waals surface area contributed by atoms with E-state index in [4.69, 9.17) is 4.74 Å². The van der Waals surface area contributed by atoms with Crippen LogP contribution in [0.25, 0.3) is 0 Å². The van der Waals surface area contributed by atoms with E-state index >= 15 is 0 Å². The van der Waals surface area contributed by atoms with Crippen LogP contribution < -0.4 is 0 Å². The van der Waals surface area contributed by atoms with Crippen molar-refractivity contribution >= 4 is 0 Å². The van der Waals surface area contributed by atoms with Crippen molar-refractivity contribution in [2.45, 2.75) is 103 Å². The zero-order valence-electron chi connectivity index (χ0n) is 23.8. The molecule has 1 aromatic rings. The van der Waals surface area contributed by atoms with Gasteiger partial charge in [-0.15, -0.1) is 0 Å². The van der Waals surface area contributed by atoms with Crippen LogP contribution in [0.5, 0.6) is 0 Å². The number of halogens is 3. The molecule has 4 heteroatoms. The molecule has 212 valence electrons. The van der Waals surface area contributed by atoms with Gasteiger partial charge < -0.3 is 4.74 Å². The van der Waals surface area contributed by atoms with Gasteiger partial charge in [0.15, 0.2) is 5.83 Å². The quantitative estimate of drug-likeness (QED) is 0.269. The Balaban J connectivity index is 0.000000459. The monoisotopic (exact) mass is 538 g/mol. The van der Waals surface area contributed by atoms with E-state index in [1.165, 1.54) is 54.9 Å². The van der Waals surface area contributed by atoms with Crippen molar-refractivity contribution in [3.63, 3.8) is 0 Å². The molecule has 1 fully saturated rings. The molecule has 1 unspecified atom stereocenters. The van der Waals surface area contributed by atoms with Crippen LogP contribution in [0.1, 0.15) is 102 Å². The van der Waals surface area contributed by atoms with Crippen molar-refractivity contribution in [1.29, 1.82) is 0 Å². The van der Waals surface area contributed by atoms with Crippen LogP contribution in [-0.4, -0.2) is 12.8 Å². The molecule has 0 N–H and O–H groups in total. The van der Waals surface area contributed by atoms with Crippen LogP contribution >= 0.6 is 0 Å². The lowest BCUT2D eigenvalue weighted by Gasteiger charge is -2.23. The largest absolute Gasteiger partial charge is 0.499 e. The molecule has 39 heavy (non-hydrogen) atoms. The lowest BCUT2D eigenvalue weighted by atomic mass is 9.83. The number of ether oxygens (including phenoxy) is 1. The predicted octanol–water partition coefficient (Wildman–Crippen LogP) is 11.0. The molecule has 0 radical (unpaired) electrons. The van der Waals surface area contributed by atoms with Crippen LogP contribution in [0.2, 0.25) is 0 Å². The van der Waals surface area contributed by atoms with E-state index in [-0.39, 0.29) is 18.3 Å². The SMILES string of the molecule is C=C(CC)OCCC.F/C=C(\F)C1=CC=C(C2=CC=C(CCc3ccc(C4CCCCC4)cc3)CC2)C(F)C1. The molecule has 0 aromatic heterocycles. The summed E-state index contributed by atoms with van der Waals surface area (Å²) >= 11 is 0. The Morgan fingerprint density at radius 1 is 0.974 bits per heavy atom. The lowest BCUT2D eigenvalue weighted by Crippen LogP contribution is -2.13. The van der Waals surface area contributed by atoms with E-state index in [9.17, 15) is 13.2 Å². The van der Waals surface area contributed by atoms with Crippen LogP contribution in [-0.2, 0) is 11.2 Å². The number of hydrogen-bond donors (Lipinski definition) is 0. The van der Waals surface area contributed by atoms with Gasteiger partial charge in [0.05, 0.1) is 12.4 Å². The van der Waals surface area contributed by atoms with Gasteiger partial charge in [-0.05, 0) is 78.7 Å². The third-order valence-electron chi connectivity index (χ3n) is 7.91. The molecule has 1 atom stereocenters. The van der Waals surface area contributed by atoms with Crippen LogP contribution in [0.15, 0.2) is 95.4 Å². The Labute approximate surface area is 233 Å². The third kappa shape index (κ3) is 9.74. The van der Waals surface area contributed by atoms with Crippen molar-refractivity contribution in [3.05, 3.63) is 106 Å². The normalized spacial score (nSPS) is 20.1. The molecule has 4 rings (SSSR count). The van der Waals surface area contributed by atoms with Gasteiger partial charge in [0.25, 0.3) is 0 Å². The van der Waals surface area contributed by atoms with Crippen molar-refractivity contribution in [2.24, 2.45) is 0 Å². The molecule has 1 saturated carbocycles. The van der Waals surface area contributed by atoms with Crippen LogP contribution in [0.4, 0.5) is 13.2 Å². The second kappa shape index (κ2) is 16.4. The molecule has 0 heterocycles. The molecular weight excluding hydrogens is 493 g/mol. The minimum Gasteiger partial charge on any atom is -0.499 e. The maximum absolute atomic E-state index is 14.5. The summed E-state index contributed by atoms with van der Waals surface area (Å²) in [5.41, 5.74) is 5.90. The fraction of sp³-hybridized carbons (Fsp3) is 0.486. The highest BCUT2D eigenvalue weighted by molar-refractivity contribution is 5.47. The second-order valence-electron chi connectivity index (χ2n) is 10.8. The highest BCUT2D eigenvalue weighted by atomic mass is 19.2. The van der Waals surface area contributed by atoms with E-state index < -0.39 is 12.0 Å². The Morgan fingerprint density at radius 2 is 1.72 bits per heavy atom. The van der Waals surface area contributed by atoms with Crippen LogP contribution in [0.3, 0.4) is 0 Å². The number of allylic oxidation sites excluding steroid dienone is 10. The molecule has 0 saturated heterocycles. The first kappa shape index (κ1) is 30.8. The summed E-state index contributed by atoms with van der Waals surface area (Å²) in [5, 5.41) is 0. The summed E-state index contributed by atoms with van der Waals surface area (Å²) in [5.74, 6) is 0.660. The van der Waals surface area contributed by atoms with Gasteiger partial charge in [-0.3, -0.25) is 0 Å². The summed E-state index contributed by atoms with van der Waals surface area (Å²) in [4.78, 5) is 0. The molecule has 0 amide bonds. The first-order valence-electron chi connectivity index (χ1n) is 14.7. The van der Waals surface area contributed by atoms with Gasteiger partial charge in [0.1, 0.15) is 12.5 Å². The highest BCUT2D eigenvalue weighted by Gasteiger charge is 2.24.